The maximum absolute atomic E-state index is 7.45. The van der Waals surface area contributed by atoms with E-state index in [1.807, 2.05) is 0 Å². The first-order valence-corrected chi connectivity index (χ1v) is 11.5. The monoisotopic (exact) mass is 379 g/mol. The highest BCUT2D eigenvalue weighted by atomic mass is 16.5. The van der Waals surface area contributed by atoms with Crippen molar-refractivity contribution in [1.82, 2.24) is 0 Å². The fourth-order valence-electron chi connectivity index (χ4n) is 8.56. The third-order valence-electron chi connectivity index (χ3n) is 9.76. The molecule has 1 heterocycles. The molecule has 0 aromatic heterocycles. The molecule has 7 unspecified atom stereocenters. The summed E-state index contributed by atoms with van der Waals surface area (Å²) in [6.07, 6.45) is 16.5. The summed E-state index contributed by atoms with van der Waals surface area (Å²) in [6, 6.07) is 0. The Labute approximate surface area is 171 Å². The lowest BCUT2D eigenvalue weighted by atomic mass is 9.41. The number of nitrogens with two attached hydrogens (primary N) is 1. The van der Waals surface area contributed by atoms with E-state index in [9.17, 15) is 0 Å². The molecule has 0 aromatic rings. The molecule has 5 rings (SSSR count). The Balaban J connectivity index is 1.57. The molecule has 4 fully saturated rings. The van der Waals surface area contributed by atoms with Gasteiger partial charge in [0.25, 0.3) is 0 Å². The Morgan fingerprint density at radius 3 is 2.86 bits per heavy atom. The van der Waals surface area contributed by atoms with Crippen LogP contribution >= 0.6 is 0 Å². The number of rotatable bonds is 4. The van der Waals surface area contributed by atoms with Gasteiger partial charge in [-0.05, 0) is 79.4 Å². The molecular formula is C26H37NO. The Morgan fingerprint density at radius 1 is 1.36 bits per heavy atom. The van der Waals surface area contributed by atoms with Crippen molar-refractivity contribution >= 4 is 0 Å². The van der Waals surface area contributed by atoms with Crippen molar-refractivity contribution in [2.75, 3.05) is 0 Å². The van der Waals surface area contributed by atoms with Crippen LogP contribution in [0, 0.1) is 22.7 Å². The Morgan fingerprint density at radius 2 is 2.14 bits per heavy atom. The van der Waals surface area contributed by atoms with Gasteiger partial charge in [0, 0.05) is 11.5 Å². The SMILES string of the molecule is C=C1C=CC23OC4CC5(C)C(CCC5(CCCC)C(=C)C)C(N)(CCC2=C1)C43. The molecule has 3 saturated carbocycles. The standard InChI is InChI=1S/C26H37NO/c1-6-7-11-24(17(2)3)12-10-21-23(24,5)16-20-22-25(21,27)13-9-19-15-18(4)8-14-26(19,22)28-20/h8,14-15,20-22H,2,4,6-7,9-13,16,27H2,1,3,5H3. The van der Waals surface area contributed by atoms with Crippen molar-refractivity contribution in [2.45, 2.75) is 89.4 Å². The maximum atomic E-state index is 7.45. The number of hydrogen-bond acceptors (Lipinski definition) is 2. The molecular weight excluding hydrogens is 342 g/mol. The molecule has 1 spiro atoms. The fraction of sp³-hybridized carbons (Fsp3) is 0.692. The van der Waals surface area contributed by atoms with E-state index in [1.54, 1.807) is 0 Å². The average Bonchev–Trinajstić information content (AvgIpc) is 2.93. The summed E-state index contributed by atoms with van der Waals surface area (Å²) in [6.45, 7) is 15.8. The molecule has 5 aliphatic rings. The lowest BCUT2D eigenvalue weighted by Gasteiger charge is -2.72. The van der Waals surface area contributed by atoms with Crippen LogP contribution in [0.25, 0.3) is 0 Å². The topological polar surface area (TPSA) is 35.2 Å². The molecule has 1 aliphatic heterocycles. The third kappa shape index (κ3) is 1.97. The second-order valence-corrected chi connectivity index (χ2v) is 10.8. The smallest absolute Gasteiger partial charge is 0.115 e. The van der Waals surface area contributed by atoms with Crippen LogP contribution < -0.4 is 5.73 Å². The van der Waals surface area contributed by atoms with E-state index in [-0.39, 0.29) is 28.1 Å². The zero-order valence-corrected chi connectivity index (χ0v) is 18.0. The third-order valence-corrected chi connectivity index (χ3v) is 9.76. The van der Waals surface area contributed by atoms with Crippen LogP contribution in [-0.4, -0.2) is 17.2 Å². The van der Waals surface area contributed by atoms with Crippen molar-refractivity contribution in [3.05, 3.63) is 48.1 Å². The molecule has 152 valence electrons. The molecule has 0 radical (unpaired) electrons. The van der Waals surface area contributed by atoms with Gasteiger partial charge >= 0.3 is 0 Å². The van der Waals surface area contributed by atoms with E-state index in [0.29, 0.717) is 11.8 Å². The molecule has 4 aliphatic carbocycles. The number of ether oxygens (including phenoxy) is 1. The highest BCUT2D eigenvalue weighted by Gasteiger charge is 2.76. The minimum absolute atomic E-state index is 0.125. The predicted molar refractivity (Wildman–Crippen MR) is 116 cm³/mol. The van der Waals surface area contributed by atoms with E-state index in [2.05, 4.69) is 52.2 Å². The summed E-state index contributed by atoms with van der Waals surface area (Å²) in [5.41, 5.74) is 11.4. The molecule has 7 atom stereocenters. The fourth-order valence-corrected chi connectivity index (χ4v) is 8.56. The summed E-state index contributed by atoms with van der Waals surface area (Å²) in [7, 11) is 0. The minimum Gasteiger partial charge on any atom is -0.362 e. The van der Waals surface area contributed by atoms with Gasteiger partial charge in [-0.1, -0.05) is 57.6 Å². The van der Waals surface area contributed by atoms with Crippen LogP contribution in [-0.2, 0) is 4.74 Å². The summed E-state index contributed by atoms with van der Waals surface area (Å²) in [4.78, 5) is 0. The van der Waals surface area contributed by atoms with Gasteiger partial charge in [0.2, 0.25) is 0 Å². The number of unbranched alkanes of at least 4 members (excludes halogenated alkanes) is 1. The zero-order chi connectivity index (χ0) is 19.9. The van der Waals surface area contributed by atoms with Gasteiger partial charge in [-0.25, -0.2) is 0 Å². The zero-order valence-electron chi connectivity index (χ0n) is 18.0. The van der Waals surface area contributed by atoms with Crippen molar-refractivity contribution in [3.63, 3.8) is 0 Å². The highest BCUT2D eigenvalue weighted by molar-refractivity contribution is 5.50. The van der Waals surface area contributed by atoms with Gasteiger partial charge in [-0.3, -0.25) is 0 Å². The van der Waals surface area contributed by atoms with Gasteiger partial charge in [0.15, 0.2) is 0 Å². The first-order chi connectivity index (χ1) is 13.2. The summed E-state index contributed by atoms with van der Waals surface area (Å²) >= 11 is 0. The summed E-state index contributed by atoms with van der Waals surface area (Å²) in [5.74, 6) is 0.991. The summed E-state index contributed by atoms with van der Waals surface area (Å²) < 4.78 is 6.76. The van der Waals surface area contributed by atoms with Crippen LogP contribution in [0.3, 0.4) is 0 Å². The predicted octanol–water partition coefficient (Wildman–Crippen LogP) is 5.86. The largest absolute Gasteiger partial charge is 0.362 e. The normalized spacial score (nSPS) is 50.9. The van der Waals surface area contributed by atoms with Crippen LogP contribution in [0.5, 0.6) is 0 Å². The molecule has 0 amide bonds. The Bertz CT molecular complexity index is 807. The van der Waals surface area contributed by atoms with E-state index in [1.165, 1.54) is 43.3 Å². The van der Waals surface area contributed by atoms with Crippen LogP contribution in [0.2, 0.25) is 0 Å². The maximum Gasteiger partial charge on any atom is 0.115 e. The minimum atomic E-state index is -0.238. The first kappa shape index (κ1) is 18.9. The van der Waals surface area contributed by atoms with Gasteiger partial charge in [0.1, 0.15) is 5.60 Å². The number of allylic oxidation sites excluding steroid dienone is 4. The van der Waals surface area contributed by atoms with Gasteiger partial charge in [-0.15, -0.1) is 0 Å². The van der Waals surface area contributed by atoms with Gasteiger partial charge in [-0.2, -0.15) is 0 Å². The molecule has 2 heteroatoms. The summed E-state index contributed by atoms with van der Waals surface area (Å²) in [5, 5.41) is 0. The van der Waals surface area contributed by atoms with Crippen LogP contribution in [0.15, 0.2) is 48.1 Å². The van der Waals surface area contributed by atoms with Crippen molar-refractivity contribution < 1.29 is 4.74 Å². The van der Waals surface area contributed by atoms with Crippen molar-refractivity contribution in [1.29, 1.82) is 0 Å². The Hall–Kier alpha value is -1.12. The van der Waals surface area contributed by atoms with Gasteiger partial charge < -0.3 is 10.5 Å². The second-order valence-electron chi connectivity index (χ2n) is 10.8. The molecule has 0 bridgehead atoms. The molecule has 2 nitrogen and oxygen atoms in total. The van der Waals surface area contributed by atoms with E-state index in [4.69, 9.17) is 10.5 Å². The highest BCUT2D eigenvalue weighted by Crippen LogP contribution is 2.75. The molecule has 2 N–H and O–H groups in total. The van der Waals surface area contributed by atoms with Crippen LogP contribution in [0.4, 0.5) is 0 Å². The lowest BCUT2D eigenvalue weighted by Crippen LogP contribution is -2.80. The second kappa shape index (κ2) is 5.73. The molecule has 28 heavy (non-hydrogen) atoms. The Kier molecular flexibility index (Phi) is 3.86. The van der Waals surface area contributed by atoms with E-state index < -0.39 is 0 Å². The average molecular weight is 380 g/mol. The molecule has 1 saturated heterocycles. The van der Waals surface area contributed by atoms with Crippen molar-refractivity contribution in [2.24, 2.45) is 28.4 Å². The number of hydrogen-bond donors (Lipinski definition) is 1. The van der Waals surface area contributed by atoms with E-state index in [0.717, 1.165) is 24.8 Å². The van der Waals surface area contributed by atoms with Crippen LogP contribution in [0.1, 0.15) is 72.1 Å². The lowest BCUT2D eigenvalue weighted by molar-refractivity contribution is -0.298. The number of fused-ring (bicyclic) bond motifs is 2. The first-order valence-electron chi connectivity index (χ1n) is 11.5. The quantitative estimate of drug-likeness (QED) is 0.621. The molecule has 0 aromatic carbocycles. The van der Waals surface area contributed by atoms with Crippen molar-refractivity contribution in [3.8, 4) is 0 Å². The van der Waals surface area contributed by atoms with Gasteiger partial charge in [0.05, 0.1) is 6.10 Å². The van der Waals surface area contributed by atoms with E-state index >= 15 is 0 Å².